The Hall–Kier alpha value is -4.06. The van der Waals surface area contributed by atoms with Crippen LogP contribution in [-0.4, -0.2) is 30.2 Å². The van der Waals surface area contributed by atoms with E-state index < -0.39 is 5.97 Å². The van der Waals surface area contributed by atoms with E-state index in [1.807, 2.05) is 66.7 Å². The number of benzene rings is 3. The molecule has 6 nitrogen and oxygen atoms in total. The van der Waals surface area contributed by atoms with Crippen molar-refractivity contribution in [1.82, 2.24) is 9.97 Å². The third kappa shape index (κ3) is 4.59. The summed E-state index contributed by atoms with van der Waals surface area (Å²) in [7, 11) is 2.98. The number of nitrogens with one attached hydrogen (secondary N) is 1. The van der Waals surface area contributed by atoms with Crippen LogP contribution < -0.4 is 9.47 Å². The molecular formula is C25H22N2O4. The molecule has 31 heavy (non-hydrogen) atoms. The van der Waals surface area contributed by atoms with Crippen LogP contribution in [0.25, 0.3) is 23.2 Å². The molecule has 0 saturated carbocycles. The summed E-state index contributed by atoms with van der Waals surface area (Å²) in [4.78, 5) is 19.7. The summed E-state index contributed by atoms with van der Waals surface area (Å²) in [6, 6.07) is 21.0. The van der Waals surface area contributed by atoms with Gasteiger partial charge < -0.3 is 19.2 Å². The number of aromatic nitrogens is 2. The molecule has 0 spiro atoms. The number of carbonyl (C=O) groups excluding carboxylic acids is 1. The Morgan fingerprint density at radius 3 is 2.58 bits per heavy atom. The van der Waals surface area contributed by atoms with Crippen molar-refractivity contribution in [1.29, 1.82) is 0 Å². The molecule has 0 aliphatic carbocycles. The summed E-state index contributed by atoms with van der Waals surface area (Å²) < 4.78 is 16.2. The standard InChI is InChI=1S/C25H22N2O4/c1-29-21-13-11-17(15-22(21)31-16-18-7-4-3-5-8-18)12-14-23-26-20-10-6-9-19(24(20)27-23)25(28)30-2/h3-15H,16H2,1-2H3,(H,26,27). The van der Waals surface area contributed by atoms with Crippen LogP contribution in [-0.2, 0) is 11.3 Å². The number of H-pyrrole nitrogens is 1. The van der Waals surface area contributed by atoms with E-state index >= 15 is 0 Å². The number of aromatic amines is 1. The van der Waals surface area contributed by atoms with Gasteiger partial charge in [0, 0.05) is 0 Å². The van der Waals surface area contributed by atoms with Gasteiger partial charge in [-0.25, -0.2) is 9.78 Å². The first-order valence-electron chi connectivity index (χ1n) is 9.78. The predicted octanol–water partition coefficient (Wildman–Crippen LogP) is 5.11. The summed E-state index contributed by atoms with van der Waals surface area (Å²) in [5, 5.41) is 0. The van der Waals surface area contributed by atoms with Crippen molar-refractivity contribution in [2.45, 2.75) is 6.61 Å². The lowest BCUT2D eigenvalue weighted by molar-refractivity contribution is 0.0603. The molecule has 0 fully saturated rings. The molecule has 0 unspecified atom stereocenters. The molecule has 1 N–H and O–H groups in total. The Kier molecular flexibility index (Phi) is 5.98. The van der Waals surface area contributed by atoms with Gasteiger partial charge in [-0.3, -0.25) is 0 Å². The van der Waals surface area contributed by atoms with Gasteiger partial charge >= 0.3 is 5.97 Å². The van der Waals surface area contributed by atoms with Crippen molar-refractivity contribution in [3.8, 4) is 11.5 Å². The molecule has 0 atom stereocenters. The molecule has 4 rings (SSSR count). The number of carbonyl (C=O) groups is 1. The maximum absolute atomic E-state index is 12.0. The summed E-state index contributed by atoms with van der Waals surface area (Å²) in [5.74, 6) is 1.54. The summed E-state index contributed by atoms with van der Waals surface area (Å²) in [6.45, 7) is 0.449. The van der Waals surface area contributed by atoms with Crippen molar-refractivity contribution in [2.75, 3.05) is 14.2 Å². The lowest BCUT2D eigenvalue weighted by atomic mass is 10.2. The number of ether oxygens (including phenoxy) is 3. The smallest absolute Gasteiger partial charge is 0.340 e. The van der Waals surface area contributed by atoms with Crippen molar-refractivity contribution in [3.63, 3.8) is 0 Å². The monoisotopic (exact) mass is 414 g/mol. The highest BCUT2D eigenvalue weighted by atomic mass is 16.5. The number of hydrogen-bond donors (Lipinski definition) is 1. The van der Waals surface area contributed by atoms with Gasteiger partial charge in [-0.15, -0.1) is 0 Å². The summed E-state index contributed by atoms with van der Waals surface area (Å²) >= 11 is 0. The van der Waals surface area contributed by atoms with Crippen LogP contribution in [0.3, 0.4) is 0 Å². The number of methoxy groups -OCH3 is 2. The molecule has 4 aromatic rings. The van der Waals surface area contributed by atoms with Gasteiger partial charge in [0.1, 0.15) is 17.9 Å². The second-order valence-corrected chi connectivity index (χ2v) is 6.83. The number of para-hydroxylation sites is 1. The second-order valence-electron chi connectivity index (χ2n) is 6.83. The number of rotatable bonds is 7. The molecular weight excluding hydrogens is 392 g/mol. The van der Waals surface area contributed by atoms with Gasteiger partial charge in [0.25, 0.3) is 0 Å². The SMILES string of the molecule is COC(=O)c1cccc2[nH]c(C=Cc3ccc(OC)c(OCc4ccccc4)c3)nc12. The molecule has 0 saturated heterocycles. The average molecular weight is 414 g/mol. The molecule has 1 aromatic heterocycles. The number of nitrogens with zero attached hydrogens (tertiary/aromatic N) is 1. The Morgan fingerprint density at radius 2 is 1.81 bits per heavy atom. The fourth-order valence-corrected chi connectivity index (χ4v) is 3.23. The van der Waals surface area contributed by atoms with E-state index in [0.29, 0.717) is 35.0 Å². The highest BCUT2D eigenvalue weighted by Crippen LogP contribution is 2.29. The number of imidazole rings is 1. The van der Waals surface area contributed by atoms with E-state index in [1.54, 1.807) is 19.2 Å². The van der Waals surface area contributed by atoms with Crippen LogP contribution in [0, 0.1) is 0 Å². The largest absolute Gasteiger partial charge is 0.493 e. The number of hydrogen-bond acceptors (Lipinski definition) is 5. The third-order valence-corrected chi connectivity index (χ3v) is 4.79. The van der Waals surface area contributed by atoms with Crippen LogP contribution >= 0.6 is 0 Å². The topological polar surface area (TPSA) is 73.4 Å². The van der Waals surface area contributed by atoms with Crippen molar-refractivity contribution < 1.29 is 19.0 Å². The Balaban J connectivity index is 1.57. The molecule has 1 heterocycles. The fourth-order valence-electron chi connectivity index (χ4n) is 3.23. The van der Waals surface area contributed by atoms with E-state index in [0.717, 1.165) is 16.6 Å². The molecule has 0 amide bonds. The first-order chi connectivity index (χ1) is 15.2. The molecule has 3 aromatic carbocycles. The van der Waals surface area contributed by atoms with E-state index in [-0.39, 0.29) is 0 Å². The minimum absolute atomic E-state index is 0.414. The zero-order valence-electron chi connectivity index (χ0n) is 17.3. The molecule has 0 radical (unpaired) electrons. The molecule has 0 aliphatic rings. The molecule has 0 aliphatic heterocycles. The Labute approximate surface area is 180 Å². The van der Waals surface area contributed by atoms with Crippen molar-refractivity contribution in [2.24, 2.45) is 0 Å². The third-order valence-electron chi connectivity index (χ3n) is 4.79. The first-order valence-corrected chi connectivity index (χ1v) is 9.78. The quantitative estimate of drug-likeness (QED) is 0.426. The van der Waals surface area contributed by atoms with Gasteiger partial charge in [0.2, 0.25) is 0 Å². The van der Waals surface area contributed by atoms with E-state index in [2.05, 4.69) is 9.97 Å². The van der Waals surface area contributed by atoms with Gasteiger partial charge in [-0.2, -0.15) is 0 Å². The Bertz CT molecular complexity index is 1230. The zero-order valence-corrected chi connectivity index (χ0v) is 17.3. The van der Waals surface area contributed by atoms with Crippen LogP contribution in [0.1, 0.15) is 27.3 Å². The van der Waals surface area contributed by atoms with Gasteiger partial charge in [-0.05, 0) is 41.5 Å². The predicted molar refractivity (Wildman–Crippen MR) is 120 cm³/mol. The first kappa shape index (κ1) is 20.2. The van der Waals surface area contributed by atoms with Crippen molar-refractivity contribution in [3.05, 3.63) is 89.2 Å². The van der Waals surface area contributed by atoms with Crippen LogP contribution in [0.15, 0.2) is 66.7 Å². The van der Waals surface area contributed by atoms with Gasteiger partial charge in [0.15, 0.2) is 11.5 Å². The summed E-state index contributed by atoms with van der Waals surface area (Å²) in [6.07, 6.45) is 3.77. The zero-order chi connectivity index (χ0) is 21.6. The van der Waals surface area contributed by atoms with E-state index in [9.17, 15) is 4.79 Å². The highest BCUT2D eigenvalue weighted by Gasteiger charge is 2.13. The summed E-state index contributed by atoms with van der Waals surface area (Å²) in [5.41, 5.74) is 3.78. The van der Waals surface area contributed by atoms with Crippen LogP contribution in [0.5, 0.6) is 11.5 Å². The maximum atomic E-state index is 12.0. The highest BCUT2D eigenvalue weighted by molar-refractivity contribution is 6.02. The normalized spacial score (nSPS) is 11.0. The van der Waals surface area contributed by atoms with Crippen LogP contribution in [0.4, 0.5) is 0 Å². The fraction of sp³-hybridized carbons (Fsp3) is 0.120. The van der Waals surface area contributed by atoms with E-state index in [4.69, 9.17) is 14.2 Å². The van der Waals surface area contributed by atoms with Crippen molar-refractivity contribution >= 4 is 29.2 Å². The lowest BCUT2D eigenvalue weighted by Crippen LogP contribution is -2.01. The van der Waals surface area contributed by atoms with Gasteiger partial charge in [-0.1, -0.05) is 48.5 Å². The second kappa shape index (κ2) is 9.17. The number of fused-ring (bicyclic) bond motifs is 1. The minimum atomic E-state index is -0.414. The average Bonchev–Trinajstić information content (AvgIpc) is 3.25. The minimum Gasteiger partial charge on any atom is -0.493 e. The Morgan fingerprint density at radius 1 is 0.968 bits per heavy atom. The number of esters is 1. The van der Waals surface area contributed by atoms with Gasteiger partial charge in [0.05, 0.1) is 25.3 Å². The molecule has 6 heteroatoms. The lowest BCUT2D eigenvalue weighted by Gasteiger charge is -2.11. The molecule has 0 bridgehead atoms. The maximum Gasteiger partial charge on any atom is 0.340 e. The van der Waals surface area contributed by atoms with E-state index in [1.165, 1.54) is 7.11 Å². The van der Waals surface area contributed by atoms with Crippen LogP contribution in [0.2, 0.25) is 0 Å². The molecule has 156 valence electrons.